The van der Waals surface area contributed by atoms with E-state index >= 15 is 0 Å². The predicted molar refractivity (Wildman–Crippen MR) is 99.0 cm³/mol. The van der Waals surface area contributed by atoms with Gasteiger partial charge in [0.15, 0.2) is 11.5 Å². The molecule has 26 heavy (non-hydrogen) atoms. The Morgan fingerprint density at radius 1 is 1.46 bits per heavy atom. The Morgan fingerprint density at radius 3 is 2.96 bits per heavy atom. The van der Waals surface area contributed by atoms with Gasteiger partial charge in [-0.05, 0) is 43.0 Å². The minimum atomic E-state index is -0.398. The lowest BCUT2D eigenvalue weighted by Gasteiger charge is -2.12. The number of carbonyl (C=O) groups excluding carboxylic acids is 1. The van der Waals surface area contributed by atoms with Gasteiger partial charge in [0.2, 0.25) is 0 Å². The number of ether oxygens (including phenoxy) is 3. The quantitative estimate of drug-likeness (QED) is 0.417. The van der Waals surface area contributed by atoms with Gasteiger partial charge in [0.25, 0.3) is 5.91 Å². The zero-order valence-electron chi connectivity index (χ0n) is 15.4. The lowest BCUT2D eigenvalue weighted by molar-refractivity contribution is -0.117. The minimum absolute atomic E-state index is 0.0403. The van der Waals surface area contributed by atoms with Gasteiger partial charge in [0.1, 0.15) is 11.6 Å². The standard InChI is InChI=1S/C20H26N2O4/c1-3-4-9-26-18-8-7-15(12-19(18)24-2)11-16(13-21)20(23)22-14-17-6-5-10-25-17/h7-8,11-12,17H,3-6,9-10,14H2,1-2H3,(H,22,23)/b16-11+/t17-/m0/s1. The molecule has 1 atom stereocenters. The summed E-state index contributed by atoms with van der Waals surface area (Å²) >= 11 is 0. The van der Waals surface area contributed by atoms with Gasteiger partial charge in [-0.1, -0.05) is 19.4 Å². The Hall–Kier alpha value is -2.52. The SMILES string of the molecule is CCCCOc1ccc(/C=C(\C#N)C(=O)NC[C@@H]2CCCO2)cc1OC. The fraction of sp³-hybridized carbons (Fsp3) is 0.500. The topological polar surface area (TPSA) is 80.6 Å². The van der Waals surface area contributed by atoms with E-state index < -0.39 is 5.91 Å². The lowest BCUT2D eigenvalue weighted by atomic mass is 10.1. The normalized spacial score (nSPS) is 16.8. The lowest BCUT2D eigenvalue weighted by Crippen LogP contribution is -2.32. The van der Waals surface area contributed by atoms with Crippen LogP contribution in [0.1, 0.15) is 38.2 Å². The Kier molecular flexibility index (Phi) is 7.97. The summed E-state index contributed by atoms with van der Waals surface area (Å²) in [7, 11) is 1.56. The second-order valence-corrected chi connectivity index (χ2v) is 6.13. The van der Waals surface area contributed by atoms with Crippen molar-refractivity contribution in [3.63, 3.8) is 0 Å². The molecule has 2 rings (SSSR count). The Balaban J connectivity index is 2.04. The van der Waals surface area contributed by atoms with Crippen molar-refractivity contribution in [3.8, 4) is 17.6 Å². The van der Waals surface area contributed by atoms with Gasteiger partial charge in [-0.2, -0.15) is 5.26 Å². The summed E-state index contributed by atoms with van der Waals surface area (Å²) in [5, 5.41) is 12.1. The van der Waals surface area contributed by atoms with Crippen LogP contribution in [0.4, 0.5) is 0 Å². The third-order valence-electron chi connectivity index (χ3n) is 4.13. The summed E-state index contributed by atoms with van der Waals surface area (Å²) < 4.78 is 16.5. The number of rotatable bonds is 9. The van der Waals surface area contributed by atoms with Crippen LogP contribution in [0.25, 0.3) is 6.08 Å². The summed E-state index contributed by atoms with van der Waals surface area (Å²) in [6, 6.07) is 7.30. The van der Waals surface area contributed by atoms with E-state index in [2.05, 4.69) is 12.2 Å². The van der Waals surface area contributed by atoms with E-state index in [-0.39, 0.29) is 11.7 Å². The maximum absolute atomic E-state index is 12.2. The number of hydrogen-bond acceptors (Lipinski definition) is 5. The van der Waals surface area contributed by atoms with Gasteiger partial charge in [-0.15, -0.1) is 0 Å². The molecule has 0 saturated carbocycles. The molecule has 140 valence electrons. The third kappa shape index (κ3) is 5.78. The van der Waals surface area contributed by atoms with Gasteiger partial charge in [-0.25, -0.2) is 0 Å². The molecule has 1 N–H and O–H groups in total. The first kappa shape index (κ1) is 19.8. The highest BCUT2D eigenvalue weighted by Gasteiger charge is 2.17. The highest BCUT2D eigenvalue weighted by atomic mass is 16.5. The summed E-state index contributed by atoms with van der Waals surface area (Å²) in [5.41, 5.74) is 0.748. The first-order valence-corrected chi connectivity index (χ1v) is 9.00. The van der Waals surface area contributed by atoms with Crippen LogP contribution in [-0.2, 0) is 9.53 Å². The molecule has 1 amide bonds. The summed E-state index contributed by atoms with van der Waals surface area (Å²) in [6.45, 7) is 3.87. The molecule has 0 bridgehead atoms. The molecule has 0 aliphatic carbocycles. The van der Waals surface area contributed by atoms with Gasteiger partial charge < -0.3 is 19.5 Å². The maximum Gasteiger partial charge on any atom is 0.262 e. The maximum atomic E-state index is 12.2. The summed E-state index contributed by atoms with van der Waals surface area (Å²) in [6.07, 6.45) is 5.54. The average Bonchev–Trinajstić information content (AvgIpc) is 3.18. The highest BCUT2D eigenvalue weighted by molar-refractivity contribution is 6.01. The number of hydrogen-bond donors (Lipinski definition) is 1. The van der Waals surface area contributed by atoms with Gasteiger partial charge in [-0.3, -0.25) is 4.79 Å². The van der Waals surface area contributed by atoms with Crippen molar-refractivity contribution in [2.24, 2.45) is 0 Å². The van der Waals surface area contributed by atoms with Crippen LogP contribution in [0, 0.1) is 11.3 Å². The Morgan fingerprint density at radius 2 is 2.31 bits per heavy atom. The smallest absolute Gasteiger partial charge is 0.262 e. The van der Waals surface area contributed by atoms with E-state index in [4.69, 9.17) is 14.2 Å². The second-order valence-electron chi connectivity index (χ2n) is 6.13. The van der Waals surface area contributed by atoms with Crippen LogP contribution in [0.3, 0.4) is 0 Å². The molecule has 1 aromatic carbocycles. The van der Waals surface area contributed by atoms with Gasteiger partial charge >= 0.3 is 0 Å². The number of carbonyl (C=O) groups is 1. The number of nitriles is 1. The van der Waals surface area contributed by atoms with Crippen molar-refractivity contribution in [2.75, 3.05) is 26.9 Å². The molecular weight excluding hydrogens is 332 g/mol. The van der Waals surface area contributed by atoms with Crippen molar-refractivity contribution in [1.82, 2.24) is 5.32 Å². The fourth-order valence-electron chi connectivity index (χ4n) is 2.64. The number of amides is 1. The van der Waals surface area contributed by atoms with E-state index in [1.165, 1.54) is 0 Å². The van der Waals surface area contributed by atoms with Crippen LogP contribution < -0.4 is 14.8 Å². The molecule has 0 unspecified atom stereocenters. The average molecular weight is 358 g/mol. The number of benzene rings is 1. The first-order valence-electron chi connectivity index (χ1n) is 9.00. The molecule has 6 heteroatoms. The largest absolute Gasteiger partial charge is 0.493 e. The van der Waals surface area contributed by atoms with E-state index in [1.54, 1.807) is 31.4 Å². The van der Waals surface area contributed by atoms with Gasteiger partial charge in [0, 0.05) is 13.2 Å². The van der Waals surface area contributed by atoms with Crippen molar-refractivity contribution in [1.29, 1.82) is 5.26 Å². The van der Waals surface area contributed by atoms with E-state index in [0.29, 0.717) is 30.2 Å². The molecular formula is C20H26N2O4. The summed E-state index contributed by atoms with van der Waals surface area (Å²) in [4.78, 5) is 12.2. The van der Waals surface area contributed by atoms with E-state index in [0.717, 1.165) is 32.3 Å². The molecule has 0 radical (unpaired) electrons. The number of methoxy groups -OCH3 is 1. The monoisotopic (exact) mass is 358 g/mol. The van der Waals surface area contributed by atoms with Gasteiger partial charge in [0.05, 0.1) is 19.8 Å². The zero-order valence-corrected chi connectivity index (χ0v) is 15.4. The van der Waals surface area contributed by atoms with Crippen LogP contribution in [0.15, 0.2) is 23.8 Å². The molecule has 1 aromatic rings. The molecule has 0 aromatic heterocycles. The van der Waals surface area contributed by atoms with Crippen LogP contribution >= 0.6 is 0 Å². The van der Waals surface area contributed by atoms with Crippen LogP contribution in [0.5, 0.6) is 11.5 Å². The molecule has 6 nitrogen and oxygen atoms in total. The molecule has 1 saturated heterocycles. The third-order valence-corrected chi connectivity index (χ3v) is 4.13. The van der Waals surface area contributed by atoms with Crippen molar-refractivity contribution < 1.29 is 19.0 Å². The second kappa shape index (κ2) is 10.5. The highest BCUT2D eigenvalue weighted by Crippen LogP contribution is 2.29. The van der Waals surface area contributed by atoms with Crippen molar-refractivity contribution in [3.05, 3.63) is 29.3 Å². The predicted octanol–water partition coefficient (Wildman–Crippen LogP) is 3.08. The zero-order chi connectivity index (χ0) is 18.8. The Bertz CT molecular complexity index is 673. The molecule has 1 fully saturated rings. The van der Waals surface area contributed by atoms with Crippen LogP contribution in [0.2, 0.25) is 0 Å². The molecule has 1 aliphatic rings. The van der Waals surface area contributed by atoms with E-state index in [9.17, 15) is 10.1 Å². The first-order chi connectivity index (χ1) is 12.7. The minimum Gasteiger partial charge on any atom is -0.493 e. The van der Waals surface area contributed by atoms with Crippen molar-refractivity contribution in [2.45, 2.75) is 38.7 Å². The number of unbranched alkanes of at least 4 members (excludes halogenated alkanes) is 1. The fourth-order valence-corrected chi connectivity index (χ4v) is 2.64. The number of nitrogens with one attached hydrogen (secondary N) is 1. The summed E-state index contributed by atoms with van der Waals surface area (Å²) in [5.74, 6) is 0.830. The Labute approximate surface area is 154 Å². The molecule has 0 spiro atoms. The van der Waals surface area contributed by atoms with Crippen molar-refractivity contribution >= 4 is 12.0 Å². The molecule has 1 heterocycles. The molecule has 1 aliphatic heterocycles. The number of nitrogens with zero attached hydrogens (tertiary/aromatic N) is 1. The van der Waals surface area contributed by atoms with E-state index in [1.807, 2.05) is 6.07 Å². The van der Waals surface area contributed by atoms with Crippen LogP contribution in [-0.4, -0.2) is 38.9 Å².